The Morgan fingerprint density at radius 1 is 1.33 bits per heavy atom. The summed E-state index contributed by atoms with van der Waals surface area (Å²) in [6.07, 6.45) is 2.28. The molecule has 1 heterocycles. The molecule has 1 atom stereocenters. The van der Waals surface area contributed by atoms with E-state index < -0.39 is 0 Å². The SMILES string of the molecule is CC[C@@H](Cc1ccc2c(c1)COC2)NC. The molecule has 0 aliphatic carbocycles. The highest BCUT2D eigenvalue weighted by molar-refractivity contribution is 5.33. The van der Waals surface area contributed by atoms with E-state index in [0.29, 0.717) is 6.04 Å². The van der Waals surface area contributed by atoms with E-state index in [-0.39, 0.29) is 0 Å². The second-order valence-electron chi connectivity index (χ2n) is 4.19. The smallest absolute Gasteiger partial charge is 0.0725 e. The number of likely N-dealkylation sites (N-methyl/N-ethyl adjacent to an activating group) is 1. The Hall–Kier alpha value is -0.860. The summed E-state index contributed by atoms with van der Waals surface area (Å²) in [6.45, 7) is 3.80. The number of rotatable bonds is 4. The fraction of sp³-hybridized carbons (Fsp3) is 0.538. The van der Waals surface area contributed by atoms with E-state index in [1.54, 1.807) is 0 Å². The maximum absolute atomic E-state index is 5.41. The zero-order valence-electron chi connectivity index (χ0n) is 9.55. The summed E-state index contributed by atoms with van der Waals surface area (Å²) in [5.41, 5.74) is 4.15. The molecule has 0 saturated heterocycles. The van der Waals surface area contributed by atoms with E-state index in [1.165, 1.54) is 23.1 Å². The molecule has 82 valence electrons. The van der Waals surface area contributed by atoms with Gasteiger partial charge in [-0.1, -0.05) is 25.1 Å². The third-order valence-electron chi connectivity index (χ3n) is 3.17. The number of nitrogens with one attached hydrogen (secondary N) is 1. The van der Waals surface area contributed by atoms with Crippen LogP contribution in [-0.2, 0) is 24.4 Å². The van der Waals surface area contributed by atoms with Crippen LogP contribution in [0.1, 0.15) is 30.0 Å². The first-order valence-electron chi connectivity index (χ1n) is 5.69. The number of benzene rings is 1. The molecular formula is C13H19NO. The van der Waals surface area contributed by atoms with Crippen molar-refractivity contribution in [3.63, 3.8) is 0 Å². The molecule has 1 aliphatic rings. The lowest BCUT2D eigenvalue weighted by Gasteiger charge is -2.14. The average molecular weight is 205 g/mol. The van der Waals surface area contributed by atoms with Gasteiger partial charge in [0.1, 0.15) is 0 Å². The third kappa shape index (κ3) is 2.39. The molecule has 1 N–H and O–H groups in total. The number of ether oxygens (including phenoxy) is 1. The van der Waals surface area contributed by atoms with Gasteiger partial charge >= 0.3 is 0 Å². The minimum absolute atomic E-state index is 0.588. The van der Waals surface area contributed by atoms with E-state index in [1.807, 2.05) is 7.05 Å². The molecule has 0 saturated carbocycles. The summed E-state index contributed by atoms with van der Waals surface area (Å²) in [6, 6.07) is 7.32. The zero-order chi connectivity index (χ0) is 10.7. The van der Waals surface area contributed by atoms with Crippen LogP contribution in [0.2, 0.25) is 0 Å². The summed E-state index contributed by atoms with van der Waals surface area (Å²) in [7, 11) is 2.03. The molecule has 2 nitrogen and oxygen atoms in total. The van der Waals surface area contributed by atoms with Crippen molar-refractivity contribution in [2.45, 2.75) is 39.0 Å². The molecule has 1 aliphatic heterocycles. The Labute approximate surface area is 91.6 Å². The van der Waals surface area contributed by atoms with Gasteiger partial charge < -0.3 is 10.1 Å². The topological polar surface area (TPSA) is 21.3 Å². The Morgan fingerprint density at radius 2 is 2.13 bits per heavy atom. The van der Waals surface area contributed by atoms with Gasteiger partial charge in [0.25, 0.3) is 0 Å². The van der Waals surface area contributed by atoms with Crippen LogP contribution in [0.3, 0.4) is 0 Å². The van der Waals surface area contributed by atoms with E-state index >= 15 is 0 Å². The Kier molecular flexibility index (Phi) is 3.39. The second-order valence-corrected chi connectivity index (χ2v) is 4.19. The van der Waals surface area contributed by atoms with E-state index in [9.17, 15) is 0 Å². The fourth-order valence-corrected chi connectivity index (χ4v) is 2.09. The predicted octanol–water partition coefficient (Wildman–Crippen LogP) is 2.26. The lowest BCUT2D eigenvalue weighted by Crippen LogP contribution is -2.26. The Morgan fingerprint density at radius 3 is 2.87 bits per heavy atom. The summed E-state index contributed by atoms with van der Waals surface area (Å²) in [5.74, 6) is 0. The highest BCUT2D eigenvalue weighted by Crippen LogP contribution is 2.21. The van der Waals surface area contributed by atoms with Crippen LogP contribution in [0.4, 0.5) is 0 Å². The van der Waals surface area contributed by atoms with Crippen molar-refractivity contribution in [2.24, 2.45) is 0 Å². The molecule has 0 spiro atoms. The van der Waals surface area contributed by atoms with Gasteiger partial charge in [-0.15, -0.1) is 0 Å². The molecule has 15 heavy (non-hydrogen) atoms. The maximum atomic E-state index is 5.41. The number of hydrogen-bond donors (Lipinski definition) is 1. The van der Waals surface area contributed by atoms with Crippen molar-refractivity contribution in [2.75, 3.05) is 7.05 Å². The molecule has 0 bridgehead atoms. The molecule has 0 amide bonds. The summed E-state index contributed by atoms with van der Waals surface area (Å²) in [4.78, 5) is 0. The van der Waals surface area contributed by atoms with Crippen molar-refractivity contribution in [3.05, 3.63) is 34.9 Å². The van der Waals surface area contributed by atoms with Crippen LogP contribution in [0.5, 0.6) is 0 Å². The summed E-state index contributed by atoms with van der Waals surface area (Å²) < 4.78 is 5.41. The third-order valence-corrected chi connectivity index (χ3v) is 3.17. The summed E-state index contributed by atoms with van der Waals surface area (Å²) in [5, 5.41) is 3.34. The van der Waals surface area contributed by atoms with Gasteiger partial charge in [-0.3, -0.25) is 0 Å². The van der Waals surface area contributed by atoms with Crippen LogP contribution in [0, 0.1) is 0 Å². The van der Waals surface area contributed by atoms with Crippen molar-refractivity contribution in [3.8, 4) is 0 Å². The van der Waals surface area contributed by atoms with Crippen LogP contribution in [-0.4, -0.2) is 13.1 Å². The highest BCUT2D eigenvalue weighted by atomic mass is 16.5. The number of hydrogen-bond acceptors (Lipinski definition) is 2. The normalized spacial score (nSPS) is 16.4. The van der Waals surface area contributed by atoms with Crippen LogP contribution < -0.4 is 5.32 Å². The molecule has 0 radical (unpaired) electrons. The Balaban J connectivity index is 2.09. The first-order chi connectivity index (χ1) is 7.33. The molecular weight excluding hydrogens is 186 g/mol. The minimum atomic E-state index is 0.588. The fourth-order valence-electron chi connectivity index (χ4n) is 2.09. The summed E-state index contributed by atoms with van der Waals surface area (Å²) >= 11 is 0. The molecule has 2 rings (SSSR count). The van der Waals surface area contributed by atoms with E-state index in [2.05, 4.69) is 30.4 Å². The lowest BCUT2D eigenvalue weighted by atomic mass is 10.00. The zero-order valence-corrected chi connectivity index (χ0v) is 9.55. The minimum Gasteiger partial charge on any atom is -0.372 e. The van der Waals surface area contributed by atoms with Crippen LogP contribution >= 0.6 is 0 Å². The van der Waals surface area contributed by atoms with Gasteiger partial charge in [0.05, 0.1) is 13.2 Å². The van der Waals surface area contributed by atoms with Gasteiger partial charge in [0.15, 0.2) is 0 Å². The van der Waals surface area contributed by atoms with E-state index in [4.69, 9.17) is 4.74 Å². The highest BCUT2D eigenvalue weighted by Gasteiger charge is 2.12. The lowest BCUT2D eigenvalue weighted by molar-refractivity contribution is 0.134. The first-order valence-corrected chi connectivity index (χ1v) is 5.69. The van der Waals surface area contributed by atoms with Crippen LogP contribution in [0.15, 0.2) is 18.2 Å². The van der Waals surface area contributed by atoms with Crippen molar-refractivity contribution in [1.82, 2.24) is 5.32 Å². The van der Waals surface area contributed by atoms with Gasteiger partial charge in [-0.05, 0) is 36.6 Å². The van der Waals surface area contributed by atoms with Gasteiger partial charge in [0, 0.05) is 6.04 Å². The molecule has 0 aromatic heterocycles. The molecule has 0 unspecified atom stereocenters. The predicted molar refractivity (Wildman–Crippen MR) is 61.8 cm³/mol. The average Bonchev–Trinajstić information content (AvgIpc) is 2.73. The van der Waals surface area contributed by atoms with Crippen molar-refractivity contribution < 1.29 is 4.74 Å². The van der Waals surface area contributed by atoms with Crippen LogP contribution in [0.25, 0.3) is 0 Å². The maximum Gasteiger partial charge on any atom is 0.0725 e. The molecule has 0 fully saturated rings. The monoisotopic (exact) mass is 205 g/mol. The largest absolute Gasteiger partial charge is 0.372 e. The molecule has 1 aromatic carbocycles. The molecule has 1 aromatic rings. The Bertz CT molecular complexity index is 331. The van der Waals surface area contributed by atoms with Gasteiger partial charge in [0.2, 0.25) is 0 Å². The number of fused-ring (bicyclic) bond motifs is 1. The standard InChI is InChI=1S/C13H19NO/c1-3-13(14-2)7-10-4-5-11-8-15-9-12(11)6-10/h4-6,13-14H,3,7-9H2,1-2H3/t13-/m0/s1. The molecule has 2 heteroatoms. The van der Waals surface area contributed by atoms with Crippen molar-refractivity contribution >= 4 is 0 Å². The van der Waals surface area contributed by atoms with E-state index in [0.717, 1.165) is 19.6 Å². The second kappa shape index (κ2) is 4.77. The first kappa shape index (κ1) is 10.7. The van der Waals surface area contributed by atoms with Gasteiger partial charge in [-0.25, -0.2) is 0 Å². The van der Waals surface area contributed by atoms with Crippen molar-refractivity contribution in [1.29, 1.82) is 0 Å². The van der Waals surface area contributed by atoms with Gasteiger partial charge in [-0.2, -0.15) is 0 Å². The quantitative estimate of drug-likeness (QED) is 0.814.